The van der Waals surface area contributed by atoms with E-state index in [0.717, 1.165) is 9.86 Å². The third-order valence-corrected chi connectivity index (χ3v) is 2.89. The predicted octanol–water partition coefficient (Wildman–Crippen LogP) is 3.91. The van der Waals surface area contributed by atoms with Crippen molar-refractivity contribution in [3.05, 3.63) is 44.9 Å². The van der Waals surface area contributed by atoms with Gasteiger partial charge in [0, 0.05) is 4.47 Å². The molecule has 5 heteroatoms. The van der Waals surface area contributed by atoms with Gasteiger partial charge in [0.15, 0.2) is 5.75 Å². The molecular weight excluding hydrogens is 286 g/mol. The maximum Gasteiger partial charge on any atom is 0.318 e. The highest BCUT2D eigenvalue weighted by Gasteiger charge is 2.19. The minimum atomic E-state index is -0.403. The smallest absolute Gasteiger partial charge is 0.318 e. The molecule has 17 heavy (non-hydrogen) atoms. The van der Waals surface area contributed by atoms with Crippen molar-refractivity contribution < 1.29 is 9.66 Å². The van der Waals surface area contributed by atoms with E-state index in [4.69, 9.17) is 4.74 Å². The quantitative estimate of drug-likeness (QED) is 0.637. The van der Waals surface area contributed by atoms with Crippen molar-refractivity contribution in [1.82, 2.24) is 0 Å². The minimum absolute atomic E-state index is 0.0191. The molecule has 2 rings (SSSR count). The highest BCUT2D eigenvalue weighted by Crippen LogP contribution is 2.36. The lowest BCUT2D eigenvalue weighted by molar-refractivity contribution is -0.384. The third-order valence-electron chi connectivity index (χ3n) is 2.40. The molecule has 2 aromatic rings. The molecule has 0 aliphatic carbocycles. The molecule has 0 amide bonds. The third kappa shape index (κ3) is 2.24. The highest BCUT2D eigenvalue weighted by atomic mass is 79.9. The Labute approximate surface area is 106 Å². The average Bonchev–Trinajstić information content (AvgIpc) is 2.28. The summed E-state index contributed by atoms with van der Waals surface area (Å²) in [4.78, 5) is 10.7. The number of hydrogen-bond acceptors (Lipinski definition) is 3. The number of ether oxygens (including phenoxy) is 1. The number of benzene rings is 2. The van der Waals surface area contributed by atoms with Crippen LogP contribution in [0.15, 0.2) is 34.8 Å². The fourth-order valence-corrected chi connectivity index (χ4v) is 2.08. The molecule has 0 spiro atoms. The zero-order valence-corrected chi connectivity index (χ0v) is 10.7. The first kappa shape index (κ1) is 11.9. The van der Waals surface area contributed by atoms with Gasteiger partial charge in [0.25, 0.3) is 0 Å². The van der Waals surface area contributed by atoms with Gasteiger partial charge in [-0.15, -0.1) is 0 Å². The van der Waals surface area contributed by atoms with Gasteiger partial charge < -0.3 is 4.74 Å². The Morgan fingerprint density at radius 3 is 2.71 bits per heavy atom. The monoisotopic (exact) mass is 295 g/mol. The van der Waals surface area contributed by atoms with Crippen LogP contribution in [0.25, 0.3) is 10.8 Å². The van der Waals surface area contributed by atoms with Crippen LogP contribution < -0.4 is 4.74 Å². The molecular formula is C12H10BrNO3. The number of rotatable bonds is 3. The van der Waals surface area contributed by atoms with E-state index < -0.39 is 4.92 Å². The first-order valence-corrected chi connectivity index (χ1v) is 5.92. The summed E-state index contributed by atoms with van der Waals surface area (Å²) in [6.07, 6.45) is 0. The molecule has 0 aliphatic rings. The summed E-state index contributed by atoms with van der Waals surface area (Å²) < 4.78 is 6.10. The van der Waals surface area contributed by atoms with E-state index in [1.54, 1.807) is 19.1 Å². The first-order chi connectivity index (χ1) is 8.13. The van der Waals surface area contributed by atoms with Crippen molar-refractivity contribution >= 4 is 32.4 Å². The SMILES string of the molecule is CCOc1ccc2ccc(Br)cc2c1[N+](=O)[O-]. The van der Waals surface area contributed by atoms with Gasteiger partial charge >= 0.3 is 5.69 Å². The van der Waals surface area contributed by atoms with Crippen molar-refractivity contribution in [2.45, 2.75) is 6.92 Å². The minimum Gasteiger partial charge on any atom is -0.487 e. The van der Waals surface area contributed by atoms with Crippen molar-refractivity contribution in [2.24, 2.45) is 0 Å². The molecule has 0 aliphatic heterocycles. The van der Waals surface area contributed by atoms with Crippen LogP contribution in [0.1, 0.15) is 6.92 Å². The normalized spacial score (nSPS) is 10.5. The second-order valence-electron chi connectivity index (χ2n) is 3.47. The molecule has 88 valence electrons. The zero-order valence-electron chi connectivity index (χ0n) is 9.14. The van der Waals surface area contributed by atoms with Gasteiger partial charge in [-0.2, -0.15) is 0 Å². The van der Waals surface area contributed by atoms with Crippen LogP contribution in [0, 0.1) is 10.1 Å². The summed E-state index contributed by atoms with van der Waals surface area (Å²) in [6.45, 7) is 2.20. The molecule has 0 radical (unpaired) electrons. The van der Waals surface area contributed by atoms with Crippen LogP contribution in [0.2, 0.25) is 0 Å². The molecule has 0 bridgehead atoms. The Balaban J connectivity index is 2.77. The maximum absolute atomic E-state index is 11.1. The number of halogens is 1. The Morgan fingerprint density at radius 2 is 2.06 bits per heavy atom. The fourth-order valence-electron chi connectivity index (χ4n) is 1.72. The Morgan fingerprint density at radius 1 is 1.35 bits per heavy atom. The molecule has 0 heterocycles. The van der Waals surface area contributed by atoms with E-state index in [9.17, 15) is 10.1 Å². The van der Waals surface area contributed by atoms with Crippen LogP contribution in [-0.2, 0) is 0 Å². The second kappa shape index (κ2) is 4.71. The standard InChI is InChI=1S/C12H10BrNO3/c1-2-17-11-6-4-8-3-5-9(13)7-10(8)12(11)14(15)16/h3-7H,2H2,1H3. The molecule has 2 aromatic carbocycles. The molecule has 0 aromatic heterocycles. The van der Waals surface area contributed by atoms with Crippen LogP contribution >= 0.6 is 15.9 Å². The predicted molar refractivity (Wildman–Crippen MR) is 69.5 cm³/mol. The molecule has 0 atom stereocenters. The number of fused-ring (bicyclic) bond motifs is 1. The van der Waals surface area contributed by atoms with Gasteiger partial charge in [0.1, 0.15) is 0 Å². The van der Waals surface area contributed by atoms with E-state index >= 15 is 0 Å². The van der Waals surface area contributed by atoms with Crippen LogP contribution in [0.5, 0.6) is 5.75 Å². The summed E-state index contributed by atoms with van der Waals surface area (Å²) in [5, 5.41) is 12.5. The Kier molecular flexibility index (Phi) is 3.28. The van der Waals surface area contributed by atoms with Gasteiger partial charge in [0.2, 0.25) is 0 Å². The van der Waals surface area contributed by atoms with E-state index in [1.165, 1.54) is 0 Å². The van der Waals surface area contributed by atoms with Gasteiger partial charge in [-0.25, -0.2) is 0 Å². The van der Waals surface area contributed by atoms with Crippen LogP contribution in [0.3, 0.4) is 0 Å². The molecule has 4 nitrogen and oxygen atoms in total. The van der Waals surface area contributed by atoms with Crippen LogP contribution in [-0.4, -0.2) is 11.5 Å². The highest BCUT2D eigenvalue weighted by molar-refractivity contribution is 9.10. The average molecular weight is 296 g/mol. The van der Waals surface area contributed by atoms with Gasteiger partial charge in [-0.3, -0.25) is 10.1 Å². The molecule has 0 N–H and O–H groups in total. The summed E-state index contributed by atoms with van der Waals surface area (Å²) in [5.74, 6) is 0.308. The van der Waals surface area contributed by atoms with Crippen molar-refractivity contribution in [3.8, 4) is 5.75 Å². The van der Waals surface area contributed by atoms with Crippen molar-refractivity contribution in [2.75, 3.05) is 6.61 Å². The number of nitro benzene ring substituents is 1. The largest absolute Gasteiger partial charge is 0.487 e. The summed E-state index contributed by atoms with van der Waals surface area (Å²) in [6, 6.07) is 8.88. The number of nitrogens with zero attached hydrogens (tertiary/aromatic N) is 1. The van der Waals surface area contributed by atoms with Gasteiger partial charge in [-0.05, 0) is 30.5 Å². The number of nitro groups is 1. The van der Waals surface area contributed by atoms with Crippen molar-refractivity contribution in [1.29, 1.82) is 0 Å². The molecule has 0 saturated carbocycles. The second-order valence-corrected chi connectivity index (χ2v) is 4.38. The Hall–Kier alpha value is -1.62. The lowest BCUT2D eigenvalue weighted by Crippen LogP contribution is -1.98. The van der Waals surface area contributed by atoms with Gasteiger partial charge in [0.05, 0.1) is 16.9 Å². The number of hydrogen-bond donors (Lipinski definition) is 0. The van der Waals surface area contributed by atoms with Crippen LogP contribution in [0.4, 0.5) is 5.69 Å². The van der Waals surface area contributed by atoms with E-state index in [2.05, 4.69) is 15.9 Å². The maximum atomic E-state index is 11.1. The van der Waals surface area contributed by atoms with E-state index in [0.29, 0.717) is 17.7 Å². The van der Waals surface area contributed by atoms with E-state index in [-0.39, 0.29) is 5.69 Å². The lowest BCUT2D eigenvalue weighted by Gasteiger charge is -2.07. The molecule has 0 unspecified atom stereocenters. The zero-order chi connectivity index (χ0) is 12.4. The van der Waals surface area contributed by atoms with Crippen molar-refractivity contribution in [3.63, 3.8) is 0 Å². The molecule has 0 saturated heterocycles. The first-order valence-electron chi connectivity index (χ1n) is 5.13. The lowest BCUT2D eigenvalue weighted by atomic mass is 10.1. The Bertz CT molecular complexity index is 583. The molecule has 0 fully saturated rings. The van der Waals surface area contributed by atoms with Gasteiger partial charge in [-0.1, -0.05) is 28.1 Å². The fraction of sp³-hybridized carbons (Fsp3) is 0.167. The topological polar surface area (TPSA) is 52.4 Å². The summed E-state index contributed by atoms with van der Waals surface area (Å²) in [7, 11) is 0. The summed E-state index contributed by atoms with van der Waals surface area (Å²) in [5.41, 5.74) is 0.0191. The van der Waals surface area contributed by atoms with E-state index in [1.807, 2.05) is 18.2 Å². The summed E-state index contributed by atoms with van der Waals surface area (Å²) >= 11 is 3.32.